The lowest BCUT2D eigenvalue weighted by atomic mass is 10.2. The predicted molar refractivity (Wildman–Crippen MR) is 89.2 cm³/mol. The summed E-state index contributed by atoms with van der Waals surface area (Å²) in [6, 6.07) is 13.9. The zero-order valence-electron chi connectivity index (χ0n) is 12.2. The van der Waals surface area contributed by atoms with Crippen LogP contribution in [0.3, 0.4) is 0 Å². The van der Waals surface area contributed by atoms with Crippen LogP contribution in [0.5, 0.6) is 5.75 Å². The molecule has 21 heavy (non-hydrogen) atoms. The molecule has 0 aliphatic carbocycles. The Labute approximate surface area is 136 Å². The molecule has 0 aliphatic rings. The molecule has 2 aromatic carbocycles. The topological polar surface area (TPSA) is 21.3 Å². The fourth-order valence-corrected chi connectivity index (χ4v) is 2.40. The highest BCUT2D eigenvalue weighted by Gasteiger charge is 2.06. The number of nitrogens with one attached hydrogen (secondary N) is 1. The Kier molecular flexibility index (Phi) is 5.92. The maximum absolute atomic E-state index is 6.14. The normalized spacial score (nSPS) is 10.9. The second-order valence-electron chi connectivity index (χ2n) is 5.17. The van der Waals surface area contributed by atoms with Crippen molar-refractivity contribution in [1.29, 1.82) is 0 Å². The van der Waals surface area contributed by atoms with Crippen molar-refractivity contribution in [1.82, 2.24) is 5.32 Å². The maximum Gasteiger partial charge on any atom is 0.120 e. The number of rotatable bonds is 6. The van der Waals surface area contributed by atoms with E-state index in [2.05, 4.69) is 25.2 Å². The highest BCUT2D eigenvalue weighted by Crippen LogP contribution is 2.26. The average molecular weight is 324 g/mol. The molecule has 0 aliphatic heterocycles. The monoisotopic (exact) mass is 323 g/mol. The summed E-state index contributed by atoms with van der Waals surface area (Å²) in [6.45, 7) is 5.43. The molecule has 0 saturated carbocycles. The first-order valence-corrected chi connectivity index (χ1v) is 7.70. The Morgan fingerprint density at radius 1 is 1.05 bits per heavy atom. The molecule has 2 aromatic rings. The second-order valence-corrected chi connectivity index (χ2v) is 5.99. The van der Waals surface area contributed by atoms with Gasteiger partial charge in [0.1, 0.15) is 12.4 Å². The zero-order valence-corrected chi connectivity index (χ0v) is 13.7. The lowest BCUT2D eigenvalue weighted by Crippen LogP contribution is -2.21. The van der Waals surface area contributed by atoms with Crippen LogP contribution in [0.25, 0.3) is 0 Å². The smallest absolute Gasteiger partial charge is 0.120 e. The first kappa shape index (κ1) is 16.2. The van der Waals surface area contributed by atoms with Gasteiger partial charge in [-0.3, -0.25) is 0 Å². The van der Waals surface area contributed by atoms with Gasteiger partial charge in [0.15, 0.2) is 0 Å². The van der Waals surface area contributed by atoms with E-state index in [1.807, 2.05) is 36.4 Å². The van der Waals surface area contributed by atoms with Crippen molar-refractivity contribution in [2.45, 2.75) is 33.0 Å². The van der Waals surface area contributed by atoms with Crippen LogP contribution in [0.1, 0.15) is 25.0 Å². The van der Waals surface area contributed by atoms with Gasteiger partial charge >= 0.3 is 0 Å². The SMILES string of the molecule is CC(C)NCc1cccc(OCc2c(Cl)cccc2Cl)c1. The van der Waals surface area contributed by atoms with E-state index in [0.29, 0.717) is 22.7 Å². The predicted octanol–water partition coefficient (Wildman–Crippen LogP) is 5.07. The minimum atomic E-state index is 0.361. The largest absolute Gasteiger partial charge is 0.489 e. The van der Waals surface area contributed by atoms with Crippen molar-refractivity contribution in [3.8, 4) is 5.75 Å². The van der Waals surface area contributed by atoms with E-state index >= 15 is 0 Å². The molecular formula is C17H19Cl2NO. The van der Waals surface area contributed by atoms with E-state index in [1.54, 1.807) is 0 Å². The van der Waals surface area contributed by atoms with Crippen molar-refractivity contribution in [2.24, 2.45) is 0 Å². The molecule has 0 heterocycles. The van der Waals surface area contributed by atoms with Crippen LogP contribution in [0, 0.1) is 0 Å². The lowest BCUT2D eigenvalue weighted by Gasteiger charge is -2.12. The summed E-state index contributed by atoms with van der Waals surface area (Å²) in [5, 5.41) is 4.63. The van der Waals surface area contributed by atoms with E-state index < -0.39 is 0 Å². The van der Waals surface area contributed by atoms with Crippen LogP contribution in [-0.2, 0) is 13.2 Å². The van der Waals surface area contributed by atoms with Crippen molar-refractivity contribution < 1.29 is 4.74 Å². The lowest BCUT2D eigenvalue weighted by molar-refractivity contribution is 0.306. The number of hydrogen-bond donors (Lipinski definition) is 1. The zero-order chi connectivity index (χ0) is 15.2. The van der Waals surface area contributed by atoms with Gasteiger partial charge < -0.3 is 10.1 Å². The van der Waals surface area contributed by atoms with Crippen LogP contribution in [0.2, 0.25) is 10.0 Å². The first-order valence-electron chi connectivity index (χ1n) is 6.94. The minimum absolute atomic E-state index is 0.361. The molecule has 0 amide bonds. The van der Waals surface area contributed by atoms with Gasteiger partial charge in [-0.2, -0.15) is 0 Å². The Morgan fingerprint density at radius 3 is 2.38 bits per heavy atom. The fourth-order valence-electron chi connectivity index (χ4n) is 1.89. The van der Waals surface area contributed by atoms with Crippen molar-refractivity contribution >= 4 is 23.2 Å². The molecule has 0 bridgehead atoms. The van der Waals surface area contributed by atoms with Crippen LogP contribution in [0.15, 0.2) is 42.5 Å². The standard InChI is InChI=1S/C17H19Cl2NO/c1-12(2)20-10-13-5-3-6-14(9-13)21-11-15-16(18)7-4-8-17(15)19/h3-9,12,20H,10-11H2,1-2H3. The summed E-state index contributed by atoms with van der Waals surface area (Å²) in [4.78, 5) is 0. The van der Waals surface area contributed by atoms with Gasteiger partial charge in [-0.1, -0.05) is 55.2 Å². The molecule has 0 fully saturated rings. The van der Waals surface area contributed by atoms with E-state index in [9.17, 15) is 0 Å². The van der Waals surface area contributed by atoms with Crippen LogP contribution < -0.4 is 10.1 Å². The quantitative estimate of drug-likeness (QED) is 0.801. The van der Waals surface area contributed by atoms with E-state index in [-0.39, 0.29) is 0 Å². The summed E-state index contributed by atoms with van der Waals surface area (Å²) in [5.41, 5.74) is 2.00. The third-order valence-electron chi connectivity index (χ3n) is 3.06. The summed E-state index contributed by atoms with van der Waals surface area (Å²) in [5.74, 6) is 0.814. The molecule has 0 radical (unpaired) electrons. The van der Waals surface area contributed by atoms with E-state index in [1.165, 1.54) is 5.56 Å². The van der Waals surface area contributed by atoms with Gasteiger partial charge in [0.05, 0.1) is 0 Å². The van der Waals surface area contributed by atoms with Gasteiger partial charge in [-0.15, -0.1) is 0 Å². The Balaban J connectivity index is 2.01. The first-order chi connectivity index (χ1) is 10.1. The highest BCUT2D eigenvalue weighted by atomic mass is 35.5. The van der Waals surface area contributed by atoms with Gasteiger partial charge in [0, 0.05) is 28.2 Å². The number of benzene rings is 2. The molecular weight excluding hydrogens is 305 g/mol. The molecule has 2 nitrogen and oxygen atoms in total. The second kappa shape index (κ2) is 7.69. The summed E-state index contributed by atoms with van der Waals surface area (Å²) < 4.78 is 5.80. The Morgan fingerprint density at radius 2 is 1.71 bits per heavy atom. The number of halogens is 2. The van der Waals surface area contributed by atoms with Gasteiger partial charge in [-0.05, 0) is 29.8 Å². The molecule has 0 aromatic heterocycles. The van der Waals surface area contributed by atoms with Gasteiger partial charge in [-0.25, -0.2) is 0 Å². The van der Waals surface area contributed by atoms with Crippen molar-refractivity contribution in [2.75, 3.05) is 0 Å². The summed E-state index contributed by atoms with van der Waals surface area (Å²) >= 11 is 12.3. The highest BCUT2D eigenvalue weighted by molar-refractivity contribution is 6.35. The number of hydrogen-bond acceptors (Lipinski definition) is 2. The molecule has 0 saturated heterocycles. The molecule has 0 spiro atoms. The third kappa shape index (κ3) is 4.92. The molecule has 1 N–H and O–H groups in total. The van der Waals surface area contributed by atoms with Gasteiger partial charge in [0.2, 0.25) is 0 Å². The molecule has 112 valence electrons. The Bertz CT molecular complexity index is 579. The van der Waals surface area contributed by atoms with Crippen LogP contribution in [-0.4, -0.2) is 6.04 Å². The third-order valence-corrected chi connectivity index (χ3v) is 3.77. The molecule has 4 heteroatoms. The summed E-state index contributed by atoms with van der Waals surface area (Å²) in [6.07, 6.45) is 0. The van der Waals surface area contributed by atoms with Gasteiger partial charge in [0.25, 0.3) is 0 Å². The van der Waals surface area contributed by atoms with E-state index in [0.717, 1.165) is 17.9 Å². The molecule has 2 rings (SSSR count). The van der Waals surface area contributed by atoms with Crippen LogP contribution >= 0.6 is 23.2 Å². The minimum Gasteiger partial charge on any atom is -0.489 e. The molecule has 0 unspecified atom stereocenters. The van der Waals surface area contributed by atoms with Crippen molar-refractivity contribution in [3.63, 3.8) is 0 Å². The average Bonchev–Trinajstić information content (AvgIpc) is 2.45. The van der Waals surface area contributed by atoms with E-state index in [4.69, 9.17) is 27.9 Å². The summed E-state index contributed by atoms with van der Waals surface area (Å²) in [7, 11) is 0. The number of ether oxygens (including phenoxy) is 1. The fraction of sp³-hybridized carbons (Fsp3) is 0.294. The Hall–Kier alpha value is -1.22. The maximum atomic E-state index is 6.14. The molecule has 0 atom stereocenters. The van der Waals surface area contributed by atoms with Crippen LogP contribution in [0.4, 0.5) is 0 Å². The van der Waals surface area contributed by atoms with Crippen molar-refractivity contribution in [3.05, 3.63) is 63.6 Å².